The number of aliphatic hydroxyl groups is 1. The van der Waals surface area contributed by atoms with Gasteiger partial charge in [-0.15, -0.1) is 0 Å². The van der Waals surface area contributed by atoms with E-state index in [1.54, 1.807) is 0 Å². The minimum atomic E-state index is 0.123. The lowest BCUT2D eigenvalue weighted by atomic mass is 10.0. The summed E-state index contributed by atoms with van der Waals surface area (Å²) in [6, 6.07) is 8.58. The number of aliphatic hydroxyl groups excluding tert-OH is 1. The number of likely N-dealkylation sites (tertiary alicyclic amines) is 1. The first-order valence-corrected chi connectivity index (χ1v) is 6.84. The van der Waals surface area contributed by atoms with Gasteiger partial charge in [0.15, 0.2) is 0 Å². The lowest BCUT2D eigenvalue weighted by Crippen LogP contribution is -2.26. The van der Waals surface area contributed by atoms with Crippen LogP contribution in [0.3, 0.4) is 0 Å². The fraction of sp³-hybridized carbons (Fsp3) is 0.600. The molecule has 1 saturated heterocycles. The Morgan fingerprint density at radius 3 is 3.00 bits per heavy atom. The summed E-state index contributed by atoms with van der Waals surface area (Å²) in [4.78, 5) is 2.41. The van der Waals surface area contributed by atoms with Crippen molar-refractivity contribution in [3.05, 3.63) is 35.4 Å². The molecular formula is C15H24N2O. The van der Waals surface area contributed by atoms with Crippen LogP contribution in [0, 0.1) is 12.8 Å². The second-order valence-corrected chi connectivity index (χ2v) is 5.45. The third-order valence-electron chi connectivity index (χ3n) is 3.85. The van der Waals surface area contributed by atoms with Crippen LogP contribution in [-0.2, 0) is 0 Å². The molecule has 3 nitrogen and oxygen atoms in total. The van der Waals surface area contributed by atoms with E-state index in [4.69, 9.17) is 10.8 Å². The van der Waals surface area contributed by atoms with E-state index in [1.165, 1.54) is 11.1 Å². The van der Waals surface area contributed by atoms with Crippen molar-refractivity contribution in [1.82, 2.24) is 4.90 Å². The molecule has 3 N–H and O–H groups in total. The van der Waals surface area contributed by atoms with Gasteiger partial charge in [0.2, 0.25) is 0 Å². The Hall–Kier alpha value is -0.900. The highest BCUT2D eigenvalue weighted by Crippen LogP contribution is 2.19. The Labute approximate surface area is 110 Å². The molecular weight excluding hydrogens is 224 g/mol. The molecule has 0 bridgehead atoms. The van der Waals surface area contributed by atoms with Gasteiger partial charge in [-0.2, -0.15) is 0 Å². The van der Waals surface area contributed by atoms with Crippen molar-refractivity contribution in [3.63, 3.8) is 0 Å². The fourth-order valence-corrected chi connectivity index (χ4v) is 2.65. The summed E-state index contributed by atoms with van der Waals surface area (Å²) in [5, 5.41) is 9.12. The predicted molar refractivity (Wildman–Crippen MR) is 74.4 cm³/mol. The molecule has 18 heavy (non-hydrogen) atoms. The van der Waals surface area contributed by atoms with Crippen LogP contribution < -0.4 is 5.73 Å². The van der Waals surface area contributed by atoms with Gasteiger partial charge in [0.05, 0.1) is 0 Å². The summed E-state index contributed by atoms with van der Waals surface area (Å²) < 4.78 is 0. The normalized spacial score (nSPS) is 22.3. The largest absolute Gasteiger partial charge is 0.396 e. The van der Waals surface area contributed by atoms with Gasteiger partial charge >= 0.3 is 0 Å². The van der Waals surface area contributed by atoms with Crippen molar-refractivity contribution >= 4 is 0 Å². The smallest absolute Gasteiger partial charge is 0.0471 e. The van der Waals surface area contributed by atoms with E-state index in [0.717, 1.165) is 32.5 Å². The van der Waals surface area contributed by atoms with Crippen LogP contribution in [0.4, 0.5) is 0 Å². The van der Waals surface area contributed by atoms with Crippen LogP contribution in [0.25, 0.3) is 0 Å². The maximum atomic E-state index is 9.12. The number of nitrogens with zero attached hydrogens (tertiary/aromatic N) is 1. The molecule has 0 spiro atoms. The van der Waals surface area contributed by atoms with Gasteiger partial charge in [-0.25, -0.2) is 0 Å². The Morgan fingerprint density at radius 2 is 2.33 bits per heavy atom. The van der Waals surface area contributed by atoms with Crippen molar-refractivity contribution < 1.29 is 5.11 Å². The lowest BCUT2D eigenvalue weighted by molar-refractivity contribution is 0.220. The number of hydrogen-bond acceptors (Lipinski definition) is 3. The average Bonchev–Trinajstić information content (AvgIpc) is 2.84. The van der Waals surface area contributed by atoms with E-state index in [9.17, 15) is 0 Å². The summed E-state index contributed by atoms with van der Waals surface area (Å²) >= 11 is 0. The molecule has 1 aromatic rings. The van der Waals surface area contributed by atoms with Crippen LogP contribution in [0.15, 0.2) is 24.3 Å². The molecule has 0 aliphatic carbocycles. The number of benzene rings is 1. The quantitative estimate of drug-likeness (QED) is 0.834. The minimum absolute atomic E-state index is 0.123. The van der Waals surface area contributed by atoms with Crippen molar-refractivity contribution in [2.45, 2.75) is 25.8 Å². The maximum absolute atomic E-state index is 9.12. The second kappa shape index (κ2) is 6.32. The van der Waals surface area contributed by atoms with Gasteiger partial charge < -0.3 is 15.7 Å². The van der Waals surface area contributed by atoms with Gasteiger partial charge in [-0.3, -0.25) is 0 Å². The number of aryl methyl sites for hydroxylation is 1. The van der Waals surface area contributed by atoms with Gasteiger partial charge in [0, 0.05) is 19.2 Å². The molecule has 1 aromatic carbocycles. The molecule has 100 valence electrons. The molecule has 1 aliphatic heterocycles. The molecule has 2 rings (SSSR count). The van der Waals surface area contributed by atoms with Crippen LogP contribution in [-0.4, -0.2) is 36.2 Å². The highest BCUT2D eigenvalue weighted by Gasteiger charge is 2.21. The van der Waals surface area contributed by atoms with E-state index in [0.29, 0.717) is 12.5 Å². The van der Waals surface area contributed by atoms with Crippen LogP contribution in [0.5, 0.6) is 0 Å². The zero-order valence-electron chi connectivity index (χ0n) is 11.2. The third-order valence-corrected chi connectivity index (χ3v) is 3.85. The molecule has 0 radical (unpaired) electrons. The third kappa shape index (κ3) is 3.55. The van der Waals surface area contributed by atoms with Gasteiger partial charge in [-0.05, 0) is 44.3 Å². The molecule has 0 saturated carbocycles. The lowest BCUT2D eigenvalue weighted by Gasteiger charge is -2.19. The van der Waals surface area contributed by atoms with Gasteiger partial charge in [0.25, 0.3) is 0 Å². The Kier molecular flexibility index (Phi) is 4.75. The van der Waals surface area contributed by atoms with E-state index < -0.39 is 0 Å². The molecule has 1 heterocycles. The molecule has 1 fully saturated rings. The summed E-state index contributed by atoms with van der Waals surface area (Å²) in [6.45, 7) is 5.58. The molecule has 0 amide bonds. The maximum Gasteiger partial charge on any atom is 0.0471 e. The van der Waals surface area contributed by atoms with E-state index >= 15 is 0 Å². The summed E-state index contributed by atoms with van der Waals surface area (Å²) in [7, 11) is 0. The topological polar surface area (TPSA) is 49.5 Å². The number of rotatable bonds is 5. The summed E-state index contributed by atoms with van der Waals surface area (Å²) in [6.07, 6.45) is 2.11. The fourth-order valence-electron chi connectivity index (χ4n) is 2.65. The highest BCUT2D eigenvalue weighted by molar-refractivity contribution is 5.24. The van der Waals surface area contributed by atoms with Crippen LogP contribution in [0.2, 0.25) is 0 Å². The first kappa shape index (κ1) is 13.5. The van der Waals surface area contributed by atoms with Crippen molar-refractivity contribution in [2.75, 3.05) is 26.2 Å². The zero-order chi connectivity index (χ0) is 13.0. The standard InChI is InChI=1S/C15H24N2O/c1-12-3-2-4-14(9-12)15(16)6-8-17-7-5-13(10-17)11-18/h2-4,9,13,15,18H,5-8,10-11,16H2,1H3. The SMILES string of the molecule is Cc1cccc(C(N)CCN2CCC(CO)C2)c1. The summed E-state index contributed by atoms with van der Waals surface area (Å²) in [5.74, 6) is 0.472. The summed E-state index contributed by atoms with van der Waals surface area (Å²) in [5.41, 5.74) is 8.73. The number of nitrogens with two attached hydrogens (primary N) is 1. The molecule has 1 aliphatic rings. The monoisotopic (exact) mass is 248 g/mol. The van der Waals surface area contributed by atoms with Crippen molar-refractivity contribution in [1.29, 1.82) is 0 Å². The zero-order valence-corrected chi connectivity index (χ0v) is 11.2. The Bertz CT molecular complexity index is 381. The Balaban J connectivity index is 1.80. The average molecular weight is 248 g/mol. The van der Waals surface area contributed by atoms with E-state index in [2.05, 4.69) is 36.1 Å². The molecule has 2 atom stereocenters. The Morgan fingerprint density at radius 1 is 1.50 bits per heavy atom. The van der Waals surface area contributed by atoms with E-state index in [-0.39, 0.29) is 6.04 Å². The van der Waals surface area contributed by atoms with Crippen molar-refractivity contribution in [3.8, 4) is 0 Å². The van der Waals surface area contributed by atoms with Crippen LogP contribution >= 0.6 is 0 Å². The van der Waals surface area contributed by atoms with Gasteiger partial charge in [-0.1, -0.05) is 29.8 Å². The first-order valence-electron chi connectivity index (χ1n) is 6.84. The first-order chi connectivity index (χ1) is 8.69. The predicted octanol–water partition coefficient (Wildman–Crippen LogP) is 1.70. The van der Waals surface area contributed by atoms with E-state index in [1.807, 2.05) is 0 Å². The molecule has 2 unspecified atom stereocenters. The molecule has 3 heteroatoms. The number of hydrogen-bond donors (Lipinski definition) is 2. The van der Waals surface area contributed by atoms with Crippen molar-refractivity contribution in [2.24, 2.45) is 11.7 Å². The minimum Gasteiger partial charge on any atom is -0.396 e. The highest BCUT2D eigenvalue weighted by atomic mass is 16.3. The second-order valence-electron chi connectivity index (χ2n) is 5.45. The molecule has 0 aromatic heterocycles. The van der Waals surface area contributed by atoms with Gasteiger partial charge in [0.1, 0.15) is 0 Å². The van der Waals surface area contributed by atoms with Crippen LogP contribution in [0.1, 0.15) is 30.0 Å².